The quantitative estimate of drug-likeness (QED) is 0.751. The molecule has 1 heterocycles. The molecule has 0 saturated carbocycles. The van der Waals surface area contributed by atoms with Crippen molar-refractivity contribution < 1.29 is 4.74 Å². The molecule has 0 amide bonds. The fourth-order valence-corrected chi connectivity index (χ4v) is 1.37. The molecule has 0 fully saturated rings. The van der Waals surface area contributed by atoms with E-state index in [2.05, 4.69) is 21.8 Å². The second kappa shape index (κ2) is 5.66. The normalized spacial score (nSPS) is 9.24. The van der Waals surface area contributed by atoms with Gasteiger partial charge in [0.25, 0.3) is 0 Å². The van der Waals surface area contributed by atoms with E-state index in [1.54, 1.807) is 6.92 Å². The summed E-state index contributed by atoms with van der Waals surface area (Å²) < 4.78 is 5.38. The molecule has 0 aliphatic rings. The molecule has 0 aliphatic heterocycles. The molecular formula is C14H12N2O. The van der Waals surface area contributed by atoms with Crippen LogP contribution in [-0.4, -0.2) is 16.6 Å². The van der Waals surface area contributed by atoms with Crippen molar-refractivity contribution in [2.24, 2.45) is 0 Å². The zero-order valence-corrected chi connectivity index (χ0v) is 9.55. The fourth-order valence-electron chi connectivity index (χ4n) is 1.37. The van der Waals surface area contributed by atoms with Crippen LogP contribution in [0.15, 0.2) is 42.7 Å². The maximum atomic E-state index is 5.38. The Balaban J connectivity index is 2.19. The lowest BCUT2D eigenvalue weighted by Gasteiger charge is -2.03. The van der Waals surface area contributed by atoms with Gasteiger partial charge in [0, 0.05) is 11.6 Å². The molecule has 0 aliphatic carbocycles. The van der Waals surface area contributed by atoms with E-state index in [1.807, 2.05) is 36.4 Å². The molecule has 3 heteroatoms. The molecule has 2 rings (SSSR count). The lowest BCUT2D eigenvalue weighted by molar-refractivity contribution is 0.355. The molecule has 3 nitrogen and oxygen atoms in total. The summed E-state index contributed by atoms with van der Waals surface area (Å²) in [5.74, 6) is 6.13. The lowest BCUT2D eigenvalue weighted by Crippen LogP contribution is -1.97. The summed E-state index contributed by atoms with van der Waals surface area (Å²) in [6.45, 7) is 2.13. The Bertz CT molecular complexity index is 541. The number of rotatable bonds is 3. The molecule has 0 radical (unpaired) electrons. The first kappa shape index (κ1) is 11.2. The Morgan fingerprint density at radius 2 is 2.00 bits per heavy atom. The second-order valence-electron chi connectivity index (χ2n) is 3.32. The number of hydrogen-bond donors (Lipinski definition) is 0. The summed E-state index contributed by atoms with van der Waals surface area (Å²) in [7, 11) is 0. The van der Waals surface area contributed by atoms with Crippen LogP contribution in [0.2, 0.25) is 0 Å². The van der Waals surface area contributed by atoms with Crippen LogP contribution in [0, 0.1) is 11.8 Å². The summed E-state index contributed by atoms with van der Waals surface area (Å²) in [5.41, 5.74) is 1.89. The molecule has 0 saturated heterocycles. The largest absolute Gasteiger partial charge is 0.464 e. The topological polar surface area (TPSA) is 35.0 Å². The van der Waals surface area contributed by atoms with Gasteiger partial charge in [0.2, 0.25) is 5.88 Å². The van der Waals surface area contributed by atoms with Gasteiger partial charge in [-0.05, 0) is 6.92 Å². The van der Waals surface area contributed by atoms with Gasteiger partial charge >= 0.3 is 0 Å². The van der Waals surface area contributed by atoms with Gasteiger partial charge in [0.05, 0.1) is 5.69 Å². The van der Waals surface area contributed by atoms with Crippen molar-refractivity contribution in [2.75, 3.05) is 6.61 Å². The Hall–Kier alpha value is -2.34. The SMILES string of the molecule is CC#CCOc1cc(-c2ccccc2)ncn1. The summed E-state index contributed by atoms with van der Waals surface area (Å²) in [5, 5.41) is 0. The van der Waals surface area contributed by atoms with Crippen LogP contribution in [0.1, 0.15) is 6.92 Å². The van der Waals surface area contributed by atoms with Gasteiger partial charge in [-0.15, -0.1) is 5.92 Å². The molecular weight excluding hydrogens is 212 g/mol. The van der Waals surface area contributed by atoms with Gasteiger partial charge in [-0.3, -0.25) is 0 Å². The van der Waals surface area contributed by atoms with E-state index >= 15 is 0 Å². The molecule has 0 N–H and O–H groups in total. The van der Waals surface area contributed by atoms with Crippen molar-refractivity contribution in [2.45, 2.75) is 6.92 Å². The number of nitrogens with zero attached hydrogens (tertiary/aromatic N) is 2. The van der Waals surface area contributed by atoms with E-state index in [0.717, 1.165) is 11.3 Å². The molecule has 1 aromatic heterocycles. The highest BCUT2D eigenvalue weighted by molar-refractivity contribution is 5.59. The zero-order chi connectivity index (χ0) is 11.9. The monoisotopic (exact) mass is 224 g/mol. The van der Waals surface area contributed by atoms with Crippen molar-refractivity contribution in [3.05, 3.63) is 42.7 Å². The molecule has 0 spiro atoms. The second-order valence-corrected chi connectivity index (χ2v) is 3.32. The minimum absolute atomic E-state index is 0.349. The molecule has 84 valence electrons. The van der Waals surface area contributed by atoms with Gasteiger partial charge in [0.1, 0.15) is 6.33 Å². The highest BCUT2D eigenvalue weighted by Crippen LogP contribution is 2.18. The number of hydrogen-bond acceptors (Lipinski definition) is 3. The van der Waals surface area contributed by atoms with Crippen molar-refractivity contribution in [1.82, 2.24) is 9.97 Å². The molecule has 17 heavy (non-hydrogen) atoms. The molecule has 0 unspecified atom stereocenters. The number of aromatic nitrogens is 2. The van der Waals surface area contributed by atoms with Crippen LogP contribution in [-0.2, 0) is 0 Å². The first-order valence-electron chi connectivity index (χ1n) is 5.30. The Kier molecular flexibility index (Phi) is 3.72. The third-order valence-electron chi connectivity index (χ3n) is 2.18. The number of ether oxygens (including phenoxy) is 1. The summed E-state index contributed by atoms with van der Waals surface area (Å²) >= 11 is 0. The molecule has 2 aromatic rings. The third kappa shape index (κ3) is 3.05. The third-order valence-corrected chi connectivity index (χ3v) is 2.18. The van der Waals surface area contributed by atoms with Gasteiger partial charge < -0.3 is 4.74 Å². The number of benzene rings is 1. The van der Waals surface area contributed by atoms with E-state index < -0.39 is 0 Å². The average Bonchev–Trinajstić information content (AvgIpc) is 2.41. The van der Waals surface area contributed by atoms with Gasteiger partial charge in [0.15, 0.2) is 6.61 Å². The summed E-state index contributed by atoms with van der Waals surface area (Å²) in [6, 6.07) is 11.7. The first-order chi connectivity index (χ1) is 8.40. The first-order valence-corrected chi connectivity index (χ1v) is 5.30. The van der Waals surface area contributed by atoms with Crippen LogP contribution in [0.4, 0.5) is 0 Å². The van der Waals surface area contributed by atoms with Crippen molar-refractivity contribution in [3.8, 4) is 29.0 Å². The van der Waals surface area contributed by atoms with Crippen molar-refractivity contribution in [3.63, 3.8) is 0 Å². The van der Waals surface area contributed by atoms with Crippen LogP contribution in [0.5, 0.6) is 5.88 Å². The molecule has 0 bridgehead atoms. The van der Waals surface area contributed by atoms with E-state index in [0.29, 0.717) is 12.5 Å². The van der Waals surface area contributed by atoms with E-state index in [4.69, 9.17) is 4.74 Å². The van der Waals surface area contributed by atoms with Crippen LogP contribution < -0.4 is 4.74 Å². The molecule has 1 aromatic carbocycles. The summed E-state index contributed by atoms with van der Waals surface area (Å²) in [4.78, 5) is 8.25. The van der Waals surface area contributed by atoms with Gasteiger partial charge in [-0.25, -0.2) is 9.97 Å². The van der Waals surface area contributed by atoms with Crippen LogP contribution >= 0.6 is 0 Å². The van der Waals surface area contributed by atoms with Crippen LogP contribution in [0.3, 0.4) is 0 Å². The van der Waals surface area contributed by atoms with Crippen LogP contribution in [0.25, 0.3) is 11.3 Å². The average molecular weight is 224 g/mol. The summed E-state index contributed by atoms with van der Waals surface area (Å²) in [6.07, 6.45) is 1.50. The zero-order valence-electron chi connectivity index (χ0n) is 9.55. The van der Waals surface area contributed by atoms with Gasteiger partial charge in [-0.1, -0.05) is 36.3 Å². The smallest absolute Gasteiger partial charge is 0.217 e. The lowest BCUT2D eigenvalue weighted by atomic mass is 10.1. The molecule has 0 atom stereocenters. The van der Waals surface area contributed by atoms with E-state index in [-0.39, 0.29) is 0 Å². The minimum atomic E-state index is 0.349. The van der Waals surface area contributed by atoms with Gasteiger partial charge in [-0.2, -0.15) is 0 Å². The van der Waals surface area contributed by atoms with E-state index in [1.165, 1.54) is 6.33 Å². The maximum absolute atomic E-state index is 5.38. The maximum Gasteiger partial charge on any atom is 0.217 e. The van der Waals surface area contributed by atoms with E-state index in [9.17, 15) is 0 Å². The highest BCUT2D eigenvalue weighted by atomic mass is 16.5. The predicted molar refractivity (Wildman–Crippen MR) is 66.4 cm³/mol. The predicted octanol–water partition coefficient (Wildman–Crippen LogP) is 2.55. The van der Waals surface area contributed by atoms with Crippen molar-refractivity contribution in [1.29, 1.82) is 0 Å². The Morgan fingerprint density at radius 1 is 1.18 bits per heavy atom. The minimum Gasteiger partial charge on any atom is -0.464 e. The Labute approximate surface area is 101 Å². The Morgan fingerprint density at radius 3 is 2.76 bits per heavy atom. The fraction of sp³-hybridized carbons (Fsp3) is 0.143. The standard InChI is InChI=1S/C14H12N2O/c1-2-3-9-17-14-10-13(15-11-16-14)12-7-5-4-6-8-12/h4-8,10-11H,9H2,1H3. The van der Waals surface area contributed by atoms with Crippen molar-refractivity contribution >= 4 is 0 Å². The highest BCUT2D eigenvalue weighted by Gasteiger charge is 2.01.